The van der Waals surface area contributed by atoms with Crippen LogP contribution in [0.5, 0.6) is 17.2 Å². The number of hydrogen-bond donors (Lipinski definition) is 3. The van der Waals surface area contributed by atoms with Gasteiger partial charge < -0.3 is 30.2 Å². The third-order valence-electron chi connectivity index (χ3n) is 7.40. The molecule has 0 saturated carbocycles. The Labute approximate surface area is 299 Å². The third-order valence-corrected chi connectivity index (χ3v) is 8.96. The molecule has 0 bridgehead atoms. The molecule has 1 unspecified atom stereocenters. The number of halogens is 1. The summed E-state index contributed by atoms with van der Waals surface area (Å²) in [6.45, 7) is 0. The van der Waals surface area contributed by atoms with Crippen molar-refractivity contribution in [2.24, 2.45) is 0 Å². The minimum Gasteiger partial charge on any atom is -0.497 e. The van der Waals surface area contributed by atoms with Crippen LogP contribution in [0.2, 0.25) is 5.02 Å². The molecular formula is C39H34ClN3O6S. The molecule has 0 aliphatic carbocycles. The molecule has 3 amide bonds. The lowest BCUT2D eigenvalue weighted by Gasteiger charge is -2.18. The number of nitrogens with one attached hydrogen (secondary N) is 3. The molecule has 5 rings (SSSR count). The van der Waals surface area contributed by atoms with Gasteiger partial charge in [-0.2, -0.15) is 0 Å². The maximum absolute atomic E-state index is 13.6. The summed E-state index contributed by atoms with van der Waals surface area (Å²) in [5.41, 5.74) is 2.78. The fraction of sp³-hybridized carbons (Fsp3) is 0.103. The van der Waals surface area contributed by atoms with Crippen molar-refractivity contribution in [2.45, 2.75) is 10.1 Å². The van der Waals surface area contributed by atoms with E-state index in [1.54, 1.807) is 86.0 Å². The SMILES string of the molecule is COc1ccc(/C=C(\NC(=O)c2ccccc2)C(=O)Nc2ccc(SC(C(=O)Nc3ccc(OC)c(Cl)c3)c3ccccc3)cc2)c(OC)c1. The number of hydrogen-bond acceptors (Lipinski definition) is 7. The smallest absolute Gasteiger partial charge is 0.272 e. The first kappa shape index (κ1) is 35.6. The van der Waals surface area contributed by atoms with Gasteiger partial charge in [-0.15, -0.1) is 11.8 Å². The van der Waals surface area contributed by atoms with E-state index in [9.17, 15) is 14.4 Å². The first-order valence-corrected chi connectivity index (χ1v) is 16.6. The molecule has 5 aromatic rings. The minimum atomic E-state index is -0.597. The van der Waals surface area contributed by atoms with Crippen molar-refractivity contribution in [3.05, 3.63) is 149 Å². The lowest BCUT2D eigenvalue weighted by Crippen LogP contribution is -2.30. The Morgan fingerprint density at radius 1 is 0.700 bits per heavy atom. The number of anilines is 2. The summed E-state index contributed by atoms with van der Waals surface area (Å²) in [7, 11) is 4.58. The van der Waals surface area contributed by atoms with E-state index in [0.29, 0.717) is 44.8 Å². The molecule has 3 N–H and O–H groups in total. The Hall–Kier alpha value is -5.71. The first-order valence-electron chi connectivity index (χ1n) is 15.4. The van der Waals surface area contributed by atoms with Crippen molar-refractivity contribution in [1.29, 1.82) is 0 Å². The minimum absolute atomic E-state index is 0.000203. The lowest BCUT2D eigenvalue weighted by atomic mass is 10.1. The molecule has 0 heterocycles. The van der Waals surface area contributed by atoms with Gasteiger partial charge in [-0.1, -0.05) is 60.1 Å². The first-order chi connectivity index (χ1) is 24.3. The molecule has 0 aromatic heterocycles. The zero-order chi connectivity index (χ0) is 35.5. The van der Waals surface area contributed by atoms with Gasteiger partial charge in [-0.25, -0.2) is 0 Å². The van der Waals surface area contributed by atoms with Gasteiger partial charge in [0.1, 0.15) is 28.2 Å². The molecule has 50 heavy (non-hydrogen) atoms. The van der Waals surface area contributed by atoms with Gasteiger partial charge in [-0.05, 0) is 78.4 Å². The Morgan fingerprint density at radius 3 is 2.00 bits per heavy atom. The summed E-state index contributed by atoms with van der Waals surface area (Å²) >= 11 is 7.64. The van der Waals surface area contributed by atoms with Gasteiger partial charge in [0.05, 0.1) is 26.4 Å². The Kier molecular flexibility index (Phi) is 12.2. The highest BCUT2D eigenvalue weighted by atomic mass is 35.5. The van der Waals surface area contributed by atoms with Crippen molar-refractivity contribution in [1.82, 2.24) is 5.32 Å². The zero-order valence-corrected chi connectivity index (χ0v) is 29.0. The summed E-state index contributed by atoms with van der Waals surface area (Å²) in [5, 5.41) is 8.34. The van der Waals surface area contributed by atoms with Crippen LogP contribution in [0.25, 0.3) is 6.08 Å². The second-order valence-corrected chi connectivity index (χ2v) is 12.3. The van der Waals surface area contributed by atoms with Gasteiger partial charge in [0, 0.05) is 33.5 Å². The number of benzene rings is 5. The second-order valence-electron chi connectivity index (χ2n) is 10.7. The van der Waals surface area contributed by atoms with Crippen molar-refractivity contribution in [2.75, 3.05) is 32.0 Å². The normalized spacial score (nSPS) is 11.6. The van der Waals surface area contributed by atoms with Crippen LogP contribution in [0.1, 0.15) is 26.7 Å². The van der Waals surface area contributed by atoms with Crippen LogP contribution in [-0.2, 0) is 9.59 Å². The zero-order valence-electron chi connectivity index (χ0n) is 27.4. The van der Waals surface area contributed by atoms with Gasteiger partial charge >= 0.3 is 0 Å². The third kappa shape index (κ3) is 9.25. The highest BCUT2D eigenvalue weighted by molar-refractivity contribution is 8.00. The highest BCUT2D eigenvalue weighted by Gasteiger charge is 2.23. The van der Waals surface area contributed by atoms with Crippen LogP contribution in [0.15, 0.2) is 132 Å². The monoisotopic (exact) mass is 707 g/mol. The Morgan fingerprint density at radius 2 is 1.36 bits per heavy atom. The maximum atomic E-state index is 13.6. The molecule has 0 aliphatic heterocycles. The number of ether oxygens (including phenoxy) is 3. The fourth-order valence-electron chi connectivity index (χ4n) is 4.84. The number of carbonyl (C=O) groups excluding carboxylic acids is 3. The van der Waals surface area contributed by atoms with Gasteiger partial charge in [0.15, 0.2) is 0 Å². The second kappa shape index (κ2) is 17.1. The van der Waals surface area contributed by atoms with Crippen LogP contribution < -0.4 is 30.2 Å². The number of amides is 3. The number of thioether (sulfide) groups is 1. The van der Waals surface area contributed by atoms with E-state index in [-0.39, 0.29) is 11.6 Å². The van der Waals surface area contributed by atoms with Gasteiger partial charge in [-0.3, -0.25) is 14.4 Å². The molecule has 0 spiro atoms. The summed E-state index contributed by atoms with van der Waals surface area (Å²) < 4.78 is 16.0. The molecule has 0 saturated heterocycles. The van der Waals surface area contributed by atoms with E-state index in [4.69, 9.17) is 25.8 Å². The fourth-order valence-corrected chi connectivity index (χ4v) is 6.12. The van der Waals surface area contributed by atoms with Crippen LogP contribution in [0.3, 0.4) is 0 Å². The lowest BCUT2D eigenvalue weighted by molar-refractivity contribution is -0.116. The molecule has 254 valence electrons. The molecular weight excluding hydrogens is 674 g/mol. The Bertz CT molecular complexity index is 1990. The summed E-state index contributed by atoms with van der Waals surface area (Å²) in [4.78, 5) is 41.1. The summed E-state index contributed by atoms with van der Waals surface area (Å²) in [5.74, 6) is 0.302. The summed E-state index contributed by atoms with van der Waals surface area (Å²) in [6.07, 6.45) is 1.54. The number of carbonyl (C=O) groups is 3. The van der Waals surface area contributed by atoms with Crippen LogP contribution in [-0.4, -0.2) is 39.1 Å². The standard InChI is InChI=1S/C39H34ClN3O6S/c1-47-30-18-14-27(35(24-30)49-3)22-33(43-37(44)26-12-8-5-9-13-26)38(45)41-28-15-19-31(20-16-28)50-36(25-10-6-4-7-11-25)39(46)42-29-17-21-34(48-2)32(40)23-29/h4-24,36H,1-3H3,(H,41,45)(H,42,46)(H,43,44)/b33-22-. The molecule has 11 heteroatoms. The van der Waals surface area contributed by atoms with Crippen LogP contribution in [0.4, 0.5) is 11.4 Å². The molecule has 0 aliphatic rings. The van der Waals surface area contributed by atoms with E-state index in [2.05, 4.69) is 16.0 Å². The van der Waals surface area contributed by atoms with E-state index in [1.807, 2.05) is 42.5 Å². The molecule has 0 radical (unpaired) electrons. The summed E-state index contributed by atoms with van der Waals surface area (Å²) in [6, 6.07) is 35.3. The van der Waals surface area contributed by atoms with E-state index >= 15 is 0 Å². The van der Waals surface area contributed by atoms with E-state index in [0.717, 1.165) is 10.5 Å². The average molecular weight is 708 g/mol. The molecule has 1 atom stereocenters. The largest absolute Gasteiger partial charge is 0.497 e. The van der Waals surface area contributed by atoms with Gasteiger partial charge in [0.2, 0.25) is 5.91 Å². The topological polar surface area (TPSA) is 115 Å². The molecule has 5 aromatic carbocycles. The molecule has 0 fully saturated rings. The van der Waals surface area contributed by atoms with Crippen molar-refractivity contribution in [3.63, 3.8) is 0 Å². The number of rotatable bonds is 13. The quantitative estimate of drug-likeness (QED) is 0.0834. The highest BCUT2D eigenvalue weighted by Crippen LogP contribution is 2.37. The van der Waals surface area contributed by atoms with Crippen LogP contribution in [0, 0.1) is 0 Å². The number of methoxy groups -OCH3 is 3. The van der Waals surface area contributed by atoms with Crippen molar-refractivity contribution < 1.29 is 28.6 Å². The predicted molar refractivity (Wildman–Crippen MR) is 198 cm³/mol. The van der Waals surface area contributed by atoms with E-state index < -0.39 is 17.1 Å². The maximum Gasteiger partial charge on any atom is 0.272 e. The Balaban J connectivity index is 1.35. The average Bonchev–Trinajstić information content (AvgIpc) is 3.15. The molecule has 9 nitrogen and oxygen atoms in total. The van der Waals surface area contributed by atoms with E-state index in [1.165, 1.54) is 32.1 Å². The van der Waals surface area contributed by atoms with Crippen molar-refractivity contribution >= 4 is 58.5 Å². The van der Waals surface area contributed by atoms with Gasteiger partial charge in [0.25, 0.3) is 11.8 Å². The van der Waals surface area contributed by atoms with Crippen molar-refractivity contribution in [3.8, 4) is 17.2 Å². The predicted octanol–water partition coefficient (Wildman–Crippen LogP) is 8.25. The van der Waals surface area contributed by atoms with Crippen LogP contribution >= 0.6 is 23.4 Å².